The zero-order chi connectivity index (χ0) is 30.6. The predicted molar refractivity (Wildman–Crippen MR) is 147 cm³/mol. The summed E-state index contributed by atoms with van der Waals surface area (Å²) in [7, 11) is -4.19. The van der Waals surface area contributed by atoms with Crippen LogP contribution in [0.3, 0.4) is 0 Å². The van der Waals surface area contributed by atoms with Crippen molar-refractivity contribution >= 4 is 33.0 Å². The van der Waals surface area contributed by atoms with Crippen molar-refractivity contribution < 1.29 is 41.7 Å². The van der Waals surface area contributed by atoms with Crippen LogP contribution in [0.15, 0.2) is 59.6 Å². The number of carbonyl (C=O) groups is 1. The van der Waals surface area contributed by atoms with Crippen molar-refractivity contribution in [1.82, 2.24) is 4.98 Å². The third kappa shape index (κ3) is 5.19. The van der Waals surface area contributed by atoms with Crippen LogP contribution in [0, 0.1) is 35.2 Å². The molecule has 1 amide bonds. The highest BCUT2D eigenvalue weighted by molar-refractivity contribution is 7.92. The van der Waals surface area contributed by atoms with Gasteiger partial charge >= 0.3 is 0 Å². The first-order valence-electron chi connectivity index (χ1n) is 13.2. The van der Waals surface area contributed by atoms with Gasteiger partial charge in [-0.25, -0.2) is 21.6 Å². The Morgan fingerprint density at radius 1 is 1.05 bits per heavy atom. The van der Waals surface area contributed by atoms with E-state index in [2.05, 4.69) is 10.3 Å². The van der Waals surface area contributed by atoms with E-state index >= 15 is 0 Å². The second-order valence-corrected chi connectivity index (χ2v) is 13.6. The molecule has 224 valence electrons. The number of sulfone groups is 1. The van der Waals surface area contributed by atoms with Crippen molar-refractivity contribution in [3.8, 4) is 0 Å². The van der Waals surface area contributed by atoms with E-state index in [0.29, 0.717) is 6.42 Å². The monoisotopic (exact) mass is 624 g/mol. The van der Waals surface area contributed by atoms with Gasteiger partial charge in [-0.3, -0.25) is 9.78 Å². The quantitative estimate of drug-likeness (QED) is 0.305. The van der Waals surface area contributed by atoms with Gasteiger partial charge in [-0.2, -0.15) is 0 Å². The third-order valence-corrected chi connectivity index (χ3v) is 11.3. The molecule has 0 radical (unpaired) electrons. The lowest BCUT2D eigenvalue weighted by atomic mass is 9.68. The van der Waals surface area contributed by atoms with Gasteiger partial charge in [0.1, 0.15) is 23.7 Å². The molecule has 0 aliphatic heterocycles. The van der Waals surface area contributed by atoms with E-state index in [9.17, 15) is 41.7 Å². The van der Waals surface area contributed by atoms with E-state index in [1.54, 1.807) is 6.92 Å². The summed E-state index contributed by atoms with van der Waals surface area (Å²) >= 11 is 6.28. The third-order valence-electron chi connectivity index (χ3n) is 8.61. The Labute approximate surface area is 245 Å². The zero-order valence-electron chi connectivity index (χ0n) is 22.2. The lowest BCUT2D eigenvalue weighted by molar-refractivity contribution is -0.181. The Kier molecular flexibility index (Phi) is 8.14. The number of anilines is 1. The molecule has 42 heavy (non-hydrogen) atoms. The Morgan fingerprint density at radius 3 is 2.45 bits per heavy atom. The molecule has 5 unspecified atom stereocenters. The molecule has 3 aromatic rings. The van der Waals surface area contributed by atoms with Gasteiger partial charge in [0.25, 0.3) is 5.91 Å². The highest BCUT2D eigenvalue weighted by Crippen LogP contribution is 2.57. The fourth-order valence-corrected chi connectivity index (χ4v) is 8.89. The maximum Gasteiger partial charge on any atom is 0.255 e. The number of nitrogens with one attached hydrogen (secondary N) is 1. The molecule has 2 aromatic carbocycles. The zero-order valence-corrected chi connectivity index (χ0v) is 23.8. The van der Waals surface area contributed by atoms with Crippen molar-refractivity contribution in [2.24, 2.45) is 17.8 Å². The number of nitrogens with zero attached hydrogens (tertiary/aromatic N) is 1. The highest BCUT2D eigenvalue weighted by atomic mass is 35.5. The summed E-state index contributed by atoms with van der Waals surface area (Å²) in [4.78, 5) is 16.3. The van der Waals surface area contributed by atoms with Crippen molar-refractivity contribution in [2.75, 3.05) is 5.32 Å². The summed E-state index contributed by atoms with van der Waals surface area (Å²) < 4.78 is 68.9. The maximum atomic E-state index is 14.3. The molecule has 13 heteroatoms. The number of aliphatic hydroxyl groups excluding tert-OH is 2. The fourth-order valence-electron chi connectivity index (χ4n) is 6.51. The van der Waals surface area contributed by atoms with Gasteiger partial charge in [0, 0.05) is 23.5 Å². The number of amides is 1. The van der Waals surface area contributed by atoms with E-state index < -0.39 is 73.8 Å². The molecular formula is C29H28ClF3N2O6S. The van der Waals surface area contributed by atoms with Crippen LogP contribution in [0.25, 0.3) is 0 Å². The van der Waals surface area contributed by atoms with E-state index in [4.69, 9.17) is 11.6 Å². The minimum Gasteiger partial charge on any atom is -0.387 e. The van der Waals surface area contributed by atoms with Gasteiger partial charge in [-0.15, -0.1) is 0 Å². The number of fused-ring (bicyclic) bond motifs is 2. The van der Waals surface area contributed by atoms with Crippen LogP contribution in [0.1, 0.15) is 48.3 Å². The molecule has 1 heterocycles. The molecule has 0 saturated heterocycles. The molecule has 7 atom stereocenters. The number of halogens is 4. The summed E-state index contributed by atoms with van der Waals surface area (Å²) in [6, 6.07) is 8.79. The van der Waals surface area contributed by atoms with E-state index in [1.807, 2.05) is 0 Å². The Balaban J connectivity index is 1.40. The number of hydrogen-bond acceptors (Lipinski definition) is 7. The molecule has 5 rings (SSSR count). The first kappa shape index (κ1) is 30.4. The predicted octanol–water partition coefficient (Wildman–Crippen LogP) is 4.44. The van der Waals surface area contributed by atoms with Crippen molar-refractivity contribution in [3.63, 3.8) is 0 Å². The highest BCUT2D eigenvalue weighted by Gasteiger charge is 2.63. The second kappa shape index (κ2) is 11.2. The number of aromatic nitrogens is 1. The average molecular weight is 625 g/mol. The van der Waals surface area contributed by atoms with Crippen LogP contribution in [0.2, 0.25) is 5.02 Å². The van der Waals surface area contributed by atoms with Gasteiger partial charge in [0.2, 0.25) is 0 Å². The lowest BCUT2D eigenvalue weighted by Crippen LogP contribution is -2.58. The van der Waals surface area contributed by atoms with Crippen molar-refractivity contribution in [3.05, 3.63) is 88.5 Å². The van der Waals surface area contributed by atoms with Gasteiger partial charge in [0.15, 0.2) is 21.5 Å². The van der Waals surface area contributed by atoms with Crippen LogP contribution < -0.4 is 5.32 Å². The molecule has 0 spiro atoms. The van der Waals surface area contributed by atoms with Gasteiger partial charge in [-0.1, -0.05) is 18.5 Å². The van der Waals surface area contributed by atoms with Crippen LogP contribution >= 0.6 is 11.6 Å². The van der Waals surface area contributed by atoms with Gasteiger partial charge < -0.3 is 20.6 Å². The molecule has 2 aliphatic carbocycles. The molecule has 1 aromatic heterocycles. The molecule has 2 fully saturated rings. The standard InChI is InChI=1S/C29H28ClF3N2O6S/c1-14-9-16-11-18(13-19(14)29(16,39)27(37)26(36)25-22(32)3-2-8-34-25)42(40,41)24-10-15(4-6-20(24)30)28(38)35-17-5-7-21(31)23(33)12-17/h2-8,10,12,14,16,18-19,26-27,36-37,39H,9,11,13H2,1H3,(H,35,38)/t14-,16?,18?,19?,26?,27?,29+/m0/s1. The molecule has 8 nitrogen and oxygen atoms in total. The summed E-state index contributed by atoms with van der Waals surface area (Å²) in [6.45, 7) is 1.81. The first-order chi connectivity index (χ1) is 19.7. The fraction of sp³-hybridized carbons (Fsp3) is 0.379. The van der Waals surface area contributed by atoms with Gasteiger partial charge in [-0.05, 0) is 79.5 Å². The number of benzene rings is 2. The van der Waals surface area contributed by atoms with Crippen LogP contribution in [-0.2, 0) is 9.84 Å². The molecule has 4 N–H and O–H groups in total. The maximum absolute atomic E-state index is 14.3. The molecule has 2 aliphatic rings. The minimum absolute atomic E-state index is 0.0401. The summed E-state index contributed by atoms with van der Waals surface area (Å²) in [5.41, 5.74) is -2.47. The van der Waals surface area contributed by atoms with Crippen molar-refractivity contribution in [1.29, 1.82) is 0 Å². The number of carbonyl (C=O) groups excluding carboxylic acids is 1. The summed E-state index contributed by atoms with van der Waals surface area (Å²) in [5, 5.41) is 34.8. The number of aliphatic hydroxyl groups is 3. The number of pyridine rings is 1. The lowest BCUT2D eigenvalue weighted by Gasteiger charge is -2.46. The van der Waals surface area contributed by atoms with Crippen molar-refractivity contribution in [2.45, 2.75) is 54.1 Å². The molecule has 2 bridgehead atoms. The topological polar surface area (TPSA) is 137 Å². The Hall–Kier alpha value is -3.03. The normalized spacial score (nSPS) is 27.0. The van der Waals surface area contributed by atoms with E-state index in [-0.39, 0.29) is 39.9 Å². The first-order valence-corrected chi connectivity index (χ1v) is 15.2. The smallest absolute Gasteiger partial charge is 0.255 e. The SMILES string of the molecule is C[C@H]1CC2CC(S(=O)(=O)c3cc(C(=O)Nc4ccc(F)c(F)c4)ccc3Cl)CC1[C@@]2(O)C(O)C(O)c1ncccc1F. The second-order valence-electron chi connectivity index (χ2n) is 11.0. The number of rotatable bonds is 7. The van der Waals surface area contributed by atoms with Crippen LogP contribution in [0.4, 0.5) is 18.9 Å². The van der Waals surface area contributed by atoms with E-state index in [1.165, 1.54) is 24.4 Å². The van der Waals surface area contributed by atoms with E-state index in [0.717, 1.165) is 30.3 Å². The largest absolute Gasteiger partial charge is 0.387 e. The average Bonchev–Trinajstić information content (AvgIpc) is 3.07. The summed E-state index contributed by atoms with van der Waals surface area (Å²) in [6.07, 6.45) is -2.26. The summed E-state index contributed by atoms with van der Waals surface area (Å²) in [5.74, 6) is -5.67. The number of hydrogen-bond donors (Lipinski definition) is 4. The molecule has 2 saturated carbocycles. The van der Waals surface area contributed by atoms with Gasteiger partial charge in [0.05, 0.1) is 20.8 Å². The van der Waals surface area contributed by atoms with Crippen LogP contribution in [-0.4, -0.2) is 51.6 Å². The Morgan fingerprint density at radius 2 is 1.79 bits per heavy atom. The van der Waals surface area contributed by atoms with Crippen LogP contribution in [0.5, 0.6) is 0 Å². The Bertz CT molecular complexity index is 1640. The molecular weight excluding hydrogens is 597 g/mol. The minimum atomic E-state index is -4.19.